The number of nitrogens with zero attached hydrogens (tertiary/aromatic N) is 2. The van der Waals surface area contributed by atoms with Crippen molar-refractivity contribution in [2.24, 2.45) is 0 Å². The summed E-state index contributed by atoms with van der Waals surface area (Å²) >= 11 is 0. The second kappa shape index (κ2) is 5.29. The van der Waals surface area contributed by atoms with Crippen molar-refractivity contribution in [1.82, 2.24) is 9.88 Å². The number of carbonyl (C=O) groups is 1. The molecule has 0 saturated heterocycles. The van der Waals surface area contributed by atoms with Crippen LogP contribution in [0.1, 0.15) is 6.42 Å². The minimum absolute atomic E-state index is 0.0459. The lowest BCUT2D eigenvalue weighted by atomic mass is 10.3. The second-order valence-electron chi connectivity index (χ2n) is 3.33. The van der Waals surface area contributed by atoms with Gasteiger partial charge in [-0.25, -0.2) is 9.37 Å². The Hall–Kier alpha value is -1.65. The Bertz CT molecular complexity index is 324. The molecule has 15 heavy (non-hydrogen) atoms. The fourth-order valence-electron chi connectivity index (χ4n) is 1.00. The zero-order chi connectivity index (χ0) is 11.3. The molecule has 0 aromatic carbocycles. The van der Waals surface area contributed by atoms with Crippen LogP contribution in [0.15, 0.2) is 18.3 Å². The van der Waals surface area contributed by atoms with E-state index in [4.69, 9.17) is 0 Å². The lowest BCUT2D eigenvalue weighted by Crippen LogP contribution is -2.24. The van der Waals surface area contributed by atoms with Gasteiger partial charge in [0.05, 0.1) is 6.20 Å². The van der Waals surface area contributed by atoms with Crippen LogP contribution in [0, 0.1) is 5.82 Å². The van der Waals surface area contributed by atoms with Gasteiger partial charge in [0.25, 0.3) is 0 Å². The third-order valence-electron chi connectivity index (χ3n) is 1.87. The van der Waals surface area contributed by atoms with Crippen LogP contribution in [0.3, 0.4) is 0 Å². The predicted molar refractivity (Wildman–Crippen MR) is 56.0 cm³/mol. The minimum atomic E-state index is -0.370. The molecule has 1 aromatic heterocycles. The topological polar surface area (TPSA) is 45.2 Å². The lowest BCUT2D eigenvalue weighted by Gasteiger charge is -2.10. The molecule has 0 aliphatic rings. The quantitative estimate of drug-likeness (QED) is 0.811. The summed E-state index contributed by atoms with van der Waals surface area (Å²) in [7, 11) is 3.41. The van der Waals surface area contributed by atoms with E-state index in [-0.39, 0.29) is 11.7 Å². The van der Waals surface area contributed by atoms with Gasteiger partial charge in [0.15, 0.2) is 0 Å². The van der Waals surface area contributed by atoms with Crippen LogP contribution in [0.2, 0.25) is 0 Å². The SMILES string of the molecule is CN(C)C(=O)CCNc1ccc(F)cn1. The molecule has 5 heteroatoms. The van der Waals surface area contributed by atoms with E-state index < -0.39 is 0 Å². The molecular weight excluding hydrogens is 197 g/mol. The van der Waals surface area contributed by atoms with Gasteiger partial charge in [-0.3, -0.25) is 4.79 Å². The van der Waals surface area contributed by atoms with Crippen molar-refractivity contribution in [2.45, 2.75) is 6.42 Å². The molecule has 0 atom stereocenters. The van der Waals surface area contributed by atoms with Crippen molar-refractivity contribution >= 4 is 11.7 Å². The first-order chi connectivity index (χ1) is 7.09. The molecule has 0 fully saturated rings. The second-order valence-corrected chi connectivity index (χ2v) is 3.33. The van der Waals surface area contributed by atoms with E-state index in [1.54, 1.807) is 14.1 Å². The average Bonchev–Trinajstić information content (AvgIpc) is 2.20. The Morgan fingerprint density at radius 3 is 2.80 bits per heavy atom. The predicted octanol–water partition coefficient (Wildman–Crippen LogP) is 1.11. The van der Waals surface area contributed by atoms with Crippen molar-refractivity contribution in [3.8, 4) is 0 Å². The maximum absolute atomic E-state index is 12.5. The van der Waals surface area contributed by atoms with Crippen LogP contribution in [0.5, 0.6) is 0 Å². The van der Waals surface area contributed by atoms with Crippen LogP contribution >= 0.6 is 0 Å². The van der Waals surface area contributed by atoms with E-state index in [1.165, 1.54) is 17.0 Å². The van der Waals surface area contributed by atoms with Gasteiger partial charge in [-0.1, -0.05) is 0 Å². The maximum atomic E-state index is 12.5. The molecule has 0 saturated carbocycles. The van der Waals surface area contributed by atoms with E-state index in [0.717, 1.165) is 6.20 Å². The highest BCUT2D eigenvalue weighted by molar-refractivity contribution is 5.76. The van der Waals surface area contributed by atoms with Gasteiger partial charge >= 0.3 is 0 Å². The molecule has 0 spiro atoms. The smallest absolute Gasteiger partial charge is 0.223 e. The number of halogens is 1. The summed E-state index contributed by atoms with van der Waals surface area (Å²) in [5.41, 5.74) is 0. The summed E-state index contributed by atoms with van der Waals surface area (Å²) < 4.78 is 12.5. The number of anilines is 1. The molecule has 1 rings (SSSR count). The molecule has 1 heterocycles. The molecule has 1 amide bonds. The summed E-state index contributed by atoms with van der Waals surface area (Å²) in [4.78, 5) is 16.5. The van der Waals surface area contributed by atoms with Gasteiger partial charge in [0.2, 0.25) is 5.91 Å². The fraction of sp³-hybridized carbons (Fsp3) is 0.400. The van der Waals surface area contributed by atoms with Crippen molar-refractivity contribution in [1.29, 1.82) is 0 Å². The van der Waals surface area contributed by atoms with Crippen molar-refractivity contribution in [3.63, 3.8) is 0 Å². The van der Waals surface area contributed by atoms with E-state index in [1.807, 2.05) is 0 Å². The lowest BCUT2D eigenvalue weighted by molar-refractivity contribution is -0.128. The standard InChI is InChI=1S/C10H14FN3O/c1-14(2)10(15)5-6-12-9-4-3-8(11)7-13-9/h3-4,7H,5-6H2,1-2H3,(H,12,13). The Balaban J connectivity index is 2.32. The zero-order valence-corrected chi connectivity index (χ0v) is 8.83. The largest absolute Gasteiger partial charge is 0.370 e. The van der Waals surface area contributed by atoms with Crippen molar-refractivity contribution in [2.75, 3.05) is 26.0 Å². The van der Waals surface area contributed by atoms with Gasteiger partial charge in [-0.2, -0.15) is 0 Å². The van der Waals surface area contributed by atoms with Gasteiger partial charge in [-0.15, -0.1) is 0 Å². The highest BCUT2D eigenvalue weighted by atomic mass is 19.1. The molecule has 82 valence electrons. The minimum Gasteiger partial charge on any atom is -0.370 e. The number of nitrogens with one attached hydrogen (secondary N) is 1. The number of pyridine rings is 1. The average molecular weight is 211 g/mol. The Kier molecular flexibility index (Phi) is 4.03. The number of hydrogen-bond acceptors (Lipinski definition) is 3. The van der Waals surface area contributed by atoms with Gasteiger partial charge in [0, 0.05) is 27.1 Å². The summed E-state index contributed by atoms with van der Waals surface area (Å²) in [6.45, 7) is 0.496. The van der Waals surface area contributed by atoms with E-state index in [0.29, 0.717) is 18.8 Å². The molecule has 1 N–H and O–H groups in total. The molecule has 0 aliphatic heterocycles. The molecule has 1 aromatic rings. The van der Waals surface area contributed by atoms with Gasteiger partial charge < -0.3 is 10.2 Å². The Labute approximate surface area is 88.1 Å². The first-order valence-corrected chi connectivity index (χ1v) is 4.65. The highest BCUT2D eigenvalue weighted by Crippen LogP contribution is 2.03. The zero-order valence-electron chi connectivity index (χ0n) is 8.83. The van der Waals surface area contributed by atoms with E-state index in [9.17, 15) is 9.18 Å². The number of amides is 1. The summed E-state index contributed by atoms with van der Waals surface area (Å²) in [6.07, 6.45) is 1.53. The number of carbonyl (C=O) groups excluding carboxylic acids is 1. The van der Waals surface area contributed by atoms with Crippen LogP contribution in [-0.2, 0) is 4.79 Å². The number of rotatable bonds is 4. The molecule has 0 aliphatic carbocycles. The first-order valence-electron chi connectivity index (χ1n) is 4.65. The van der Waals surface area contributed by atoms with Crippen molar-refractivity contribution < 1.29 is 9.18 Å². The number of aromatic nitrogens is 1. The van der Waals surface area contributed by atoms with Crippen LogP contribution in [0.4, 0.5) is 10.2 Å². The number of hydrogen-bond donors (Lipinski definition) is 1. The van der Waals surface area contributed by atoms with Crippen molar-refractivity contribution in [3.05, 3.63) is 24.1 Å². The highest BCUT2D eigenvalue weighted by Gasteiger charge is 2.02. The Morgan fingerprint density at radius 2 is 2.27 bits per heavy atom. The van der Waals surface area contributed by atoms with Crippen LogP contribution in [0.25, 0.3) is 0 Å². The van der Waals surface area contributed by atoms with Gasteiger partial charge in [0.1, 0.15) is 11.6 Å². The summed E-state index contributed by atoms with van der Waals surface area (Å²) in [6, 6.07) is 2.86. The van der Waals surface area contributed by atoms with Crippen LogP contribution < -0.4 is 5.32 Å². The van der Waals surface area contributed by atoms with Gasteiger partial charge in [-0.05, 0) is 12.1 Å². The third-order valence-corrected chi connectivity index (χ3v) is 1.87. The van der Waals surface area contributed by atoms with E-state index >= 15 is 0 Å². The third kappa shape index (κ3) is 3.93. The molecule has 0 bridgehead atoms. The molecule has 4 nitrogen and oxygen atoms in total. The van der Waals surface area contributed by atoms with Crippen LogP contribution in [-0.4, -0.2) is 36.4 Å². The fourth-order valence-corrected chi connectivity index (χ4v) is 1.00. The maximum Gasteiger partial charge on any atom is 0.223 e. The monoisotopic (exact) mass is 211 g/mol. The summed E-state index contributed by atoms with van der Waals surface area (Å²) in [5.74, 6) is 0.248. The van der Waals surface area contributed by atoms with E-state index in [2.05, 4.69) is 10.3 Å². The normalized spacial score (nSPS) is 9.80. The first kappa shape index (κ1) is 11.4. The Morgan fingerprint density at radius 1 is 1.53 bits per heavy atom. The molecular formula is C10H14FN3O. The molecule has 0 radical (unpaired) electrons. The molecule has 0 unspecified atom stereocenters. The summed E-state index contributed by atoms with van der Waals surface area (Å²) in [5, 5.41) is 2.93.